The van der Waals surface area contributed by atoms with Crippen molar-refractivity contribution in [2.75, 3.05) is 19.6 Å². The summed E-state index contributed by atoms with van der Waals surface area (Å²) in [5.74, 6) is 0.909. The number of rotatable bonds is 5. The van der Waals surface area contributed by atoms with E-state index in [1.807, 2.05) is 0 Å². The molecule has 1 aliphatic heterocycles. The molecule has 19 heavy (non-hydrogen) atoms. The van der Waals surface area contributed by atoms with Gasteiger partial charge in [-0.3, -0.25) is 4.90 Å². The minimum Gasteiger partial charge on any atom is -0.317 e. The molecule has 0 radical (unpaired) electrons. The van der Waals surface area contributed by atoms with Crippen molar-refractivity contribution in [3.63, 3.8) is 0 Å². The van der Waals surface area contributed by atoms with Gasteiger partial charge in [0.1, 0.15) is 0 Å². The number of hydrogen-bond acceptors (Lipinski definition) is 2. The Kier molecular flexibility index (Phi) is 4.19. The summed E-state index contributed by atoms with van der Waals surface area (Å²) in [6.07, 6.45) is 5.54. The van der Waals surface area contributed by atoms with Crippen LogP contribution in [0.15, 0.2) is 24.3 Å². The first-order valence-electron chi connectivity index (χ1n) is 7.81. The molecule has 1 saturated carbocycles. The molecule has 2 heteroatoms. The summed E-state index contributed by atoms with van der Waals surface area (Å²) in [6.45, 7) is 7.08. The number of nitrogens with one attached hydrogen (secondary N) is 1. The Morgan fingerprint density at radius 1 is 1.16 bits per heavy atom. The first kappa shape index (κ1) is 13.1. The summed E-state index contributed by atoms with van der Waals surface area (Å²) < 4.78 is 0. The monoisotopic (exact) mass is 258 g/mol. The lowest BCUT2D eigenvalue weighted by atomic mass is 9.97. The molecule has 2 nitrogen and oxygen atoms in total. The number of nitrogens with zero attached hydrogens (tertiary/aromatic N) is 1. The van der Waals surface area contributed by atoms with E-state index in [2.05, 4.69) is 41.4 Å². The minimum atomic E-state index is 0.871. The molecule has 1 aliphatic carbocycles. The summed E-state index contributed by atoms with van der Waals surface area (Å²) >= 11 is 0. The van der Waals surface area contributed by atoms with Crippen molar-refractivity contribution < 1.29 is 0 Å². The predicted octanol–water partition coefficient (Wildman–Crippen LogP) is 2.96. The standard InChI is InChI=1S/C17H26N2/c1-14-3-2-4-16(11-14)13-19(17-5-6-17)12-15-7-9-18-10-8-15/h2-4,11,15,17-18H,5-10,12-13H2,1H3. The SMILES string of the molecule is Cc1cccc(CN(CC2CCNCC2)C2CC2)c1. The molecule has 0 bridgehead atoms. The van der Waals surface area contributed by atoms with Crippen LogP contribution in [0.5, 0.6) is 0 Å². The number of benzene rings is 1. The smallest absolute Gasteiger partial charge is 0.0236 e. The second-order valence-electron chi connectivity index (χ2n) is 6.34. The van der Waals surface area contributed by atoms with Gasteiger partial charge in [-0.05, 0) is 57.2 Å². The van der Waals surface area contributed by atoms with E-state index in [0.717, 1.165) is 18.5 Å². The third-order valence-corrected chi connectivity index (χ3v) is 4.48. The van der Waals surface area contributed by atoms with E-state index in [0.29, 0.717) is 0 Å². The zero-order valence-corrected chi connectivity index (χ0v) is 12.1. The fourth-order valence-corrected chi connectivity index (χ4v) is 3.22. The van der Waals surface area contributed by atoms with Crippen LogP contribution in [0, 0.1) is 12.8 Å². The summed E-state index contributed by atoms with van der Waals surface area (Å²) in [4.78, 5) is 2.74. The molecule has 2 aliphatic rings. The molecule has 1 aromatic carbocycles. The van der Waals surface area contributed by atoms with Crippen LogP contribution < -0.4 is 5.32 Å². The van der Waals surface area contributed by atoms with Gasteiger partial charge in [0.2, 0.25) is 0 Å². The topological polar surface area (TPSA) is 15.3 Å². The lowest BCUT2D eigenvalue weighted by Gasteiger charge is -2.30. The molecule has 0 unspecified atom stereocenters. The maximum Gasteiger partial charge on any atom is 0.0236 e. The van der Waals surface area contributed by atoms with Crippen LogP contribution in [-0.2, 0) is 6.54 Å². The van der Waals surface area contributed by atoms with E-state index in [4.69, 9.17) is 0 Å². The van der Waals surface area contributed by atoms with Crippen molar-refractivity contribution in [1.29, 1.82) is 0 Å². The highest BCUT2D eigenvalue weighted by Crippen LogP contribution is 2.30. The van der Waals surface area contributed by atoms with Crippen LogP contribution >= 0.6 is 0 Å². The first-order valence-corrected chi connectivity index (χ1v) is 7.81. The van der Waals surface area contributed by atoms with E-state index in [9.17, 15) is 0 Å². The average molecular weight is 258 g/mol. The number of piperidine rings is 1. The molecule has 0 spiro atoms. The molecule has 1 heterocycles. The van der Waals surface area contributed by atoms with Crippen molar-refractivity contribution in [2.45, 2.75) is 45.2 Å². The Bertz CT molecular complexity index is 405. The maximum absolute atomic E-state index is 3.47. The molecular weight excluding hydrogens is 232 g/mol. The van der Waals surface area contributed by atoms with Crippen LogP contribution in [0.1, 0.15) is 36.8 Å². The van der Waals surface area contributed by atoms with Gasteiger partial charge in [0.15, 0.2) is 0 Å². The predicted molar refractivity (Wildman–Crippen MR) is 80.2 cm³/mol. The van der Waals surface area contributed by atoms with Crippen LogP contribution in [0.25, 0.3) is 0 Å². The Hall–Kier alpha value is -0.860. The highest BCUT2D eigenvalue weighted by atomic mass is 15.2. The lowest BCUT2D eigenvalue weighted by Crippen LogP contribution is -2.37. The average Bonchev–Trinajstić information content (AvgIpc) is 3.23. The summed E-state index contributed by atoms with van der Waals surface area (Å²) in [6, 6.07) is 9.89. The van der Waals surface area contributed by atoms with Gasteiger partial charge in [-0.15, -0.1) is 0 Å². The molecule has 0 aromatic heterocycles. The van der Waals surface area contributed by atoms with E-state index < -0.39 is 0 Å². The second kappa shape index (κ2) is 6.06. The molecule has 104 valence electrons. The van der Waals surface area contributed by atoms with Gasteiger partial charge in [0, 0.05) is 19.1 Å². The van der Waals surface area contributed by atoms with Gasteiger partial charge in [0.05, 0.1) is 0 Å². The van der Waals surface area contributed by atoms with Crippen LogP contribution in [0.4, 0.5) is 0 Å². The van der Waals surface area contributed by atoms with Gasteiger partial charge in [0.25, 0.3) is 0 Å². The third-order valence-electron chi connectivity index (χ3n) is 4.48. The van der Waals surface area contributed by atoms with Crippen molar-refractivity contribution in [2.24, 2.45) is 5.92 Å². The van der Waals surface area contributed by atoms with Crippen LogP contribution in [0.3, 0.4) is 0 Å². The minimum absolute atomic E-state index is 0.871. The third kappa shape index (κ3) is 3.80. The molecule has 3 rings (SSSR count). The molecule has 1 aromatic rings. The van der Waals surface area contributed by atoms with Gasteiger partial charge in [-0.25, -0.2) is 0 Å². The molecule has 1 N–H and O–H groups in total. The molecular formula is C17H26N2. The number of hydrogen-bond donors (Lipinski definition) is 1. The van der Waals surface area contributed by atoms with Gasteiger partial charge in [-0.1, -0.05) is 29.8 Å². The molecule has 1 saturated heterocycles. The van der Waals surface area contributed by atoms with Gasteiger partial charge < -0.3 is 5.32 Å². The Morgan fingerprint density at radius 3 is 2.63 bits per heavy atom. The van der Waals surface area contributed by atoms with Crippen molar-refractivity contribution in [3.8, 4) is 0 Å². The van der Waals surface area contributed by atoms with E-state index in [1.54, 1.807) is 0 Å². The van der Waals surface area contributed by atoms with E-state index in [-0.39, 0.29) is 0 Å². The first-order chi connectivity index (χ1) is 9.31. The van der Waals surface area contributed by atoms with Gasteiger partial charge >= 0.3 is 0 Å². The molecule has 2 fully saturated rings. The Labute approximate surface area is 117 Å². The number of aryl methyl sites for hydroxylation is 1. The van der Waals surface area contributed by atoms with Crippen molar-refractivity contribution in [3.05, 3.63) is 35.4 Å². The summed E-state index contributed by atoms with van der Waals surface area (Å²) in [5, 5.41) is 3.47. The normalized spacial score (nSPS) is 20.9. The fourth-order valence-electron chi connectivity index (χ4n) is 3.22. The lowest BCUT2D eigenvalue weighted by molar-refractivity contribution is 0.190. The summed E-state index contributed by atoms with van der Waals surface area (Å²) in [7, 11) is 0. The second-order valence-corrected chi connectivity index (χ2v) is 6.34. The zero-order chi connectivity index (χ0) is 13.1. The van der Waals surface area contributed by atoms with E-state index in [1.165, 1.54) is 56.4 Å². The van der Waals surface area contributed by atoms with Crippen LogP contribution in [0.2, 0.25) is 0 Å². The quantitative estimate of drug-likeness (QED) is 0.873. The Balaban J connectivity index is 1.60. The van der Waals surface area contributed by atoms with Crippen molar-refractivity contribution in [1.82, 2.24) is 10.2 Å². The highest BCUT2D eigenvalue weighted by molar-refractivity contribution is 5.22. The van der Waals surface area contributed by atoms with Crippen molar-refractivity contribution >= 4 is 0 Å². The molecule has 0 amide bonds. The van der Waals surface area contributed by atoms with E-state index >= 15 is 0 Å². The largest absolute Gasteiger partial charge is 0.317 e. The van der Waals surface area contributed by atoms with Gasteiger partial charge in [-0.2, -0.15) is 0 Å². The Morgan fingerprint density at radius 2 is 1.95 bits per heavy atom. The fraction of sp³-hybridized carbons (Fsp3) is 0.647. The maximum atomic E-state index is 3.47. The van der Waals surface area contributed by atoms with Crippen LogP contribution in [-0.4, -0.2) is 30.6 Å². The molecule has 0 atom stereocenters. The summed E-state index contributed by atoms with van der Waals surface area (Å²) in [5.41, 5.74) is 2.87. The highest BCUT2D eigenvalue weighted by Gasteiger charge is 2.30. The zero-order valence-electron chi connectivity index (χ0n) is 12.1.